The molecular formula is C38H32Cl3O2P2Ru. The molecule has 0 heterocycles. The molecule has 0 aliphatic carbocycles. The summed E-state index contributed by atoms with van der Waals surface area (Å²) in [5.41, 5.74) is 2.18. The molecule has 6 aromatic rings. The molecule has 0 N–H and O–H groups in total. The molecule has 0 aliphatic rings. The second-order valence-electron chi connectivity index (χ2n) is 9.87. The summed E-state index contributed by atoms with van der Waals surface area (Å²) < 4.78 is 12.3. The van der Waals surface area contributed by atoms with Crippen LogP contribution >= 0.6 is 44.9 Å². The molecule has 0 radical (unpaired) electrons. The minimum atomic E-state index is -1.75. The average molecular weight is 790 g/mol. The van der Waals surface area contributed by atoms with Crippen LogP contribution in [0.2, 0.25) is 0 Å². The van der Waals surface area contributed by atoms with Crippen LogP contribution in [0, 0.1) is 0 Å². The van der Waals surface area contributed by atoms with Gasteiger partial charge in [-0.3, -0.25) is 0 Å². The standard InChI is InChI=1S/C38H32O2P2.3ClH.Ru/c1-39-33-25-15-27-35(41(29-17-7-3-8-18-29)30-19-9-4-10-20-30)37(33)38-34(40-2)26-16-28-36(38)42(31-21-11-5-12-22-31)32-23-13-6-14-24-32;;;;/h3-28H,1-2H3;3*1H;/q;;;;+3/p-3. The third-order valence-corrected chi connectivity index (χ3v) is 12.2. The summed E-state index contributed by atoms with van der Waals surface area (Å²) in [6.45, 7) is 0. The fourth-order valence-corrected chi connectivity index (χ4v) is 10.4. The molecule has 0 aromatic heterocycles. The van der Waals surface area contributed by atoms with Crippen LogP contribution in [0.4, 0.5) is 0 Å². The number of ether oxygens (including phenoxy) is 2. The summed E-state index contributed by atoms with van der Waals surface area (Å²) in [4.78, 5) is 0. The summed E-state index contributed by atoms with van der Waals surface area (Å²) >= 11 is -1.75. The van der Waals surface area contributed by atoms with Gasteiger partial charge in [0.15, 0.2) is 0 Å². The van der Waals surface area contributed by atoms with Gasteiger partial charge in [0.25, 0.3) is 0 Å². The Morgan fingerprint density at radius 2 is 0.652 bits per heavy atom. The van der Waals surface area contributed by atoms with E-state index in [-0.39, 0.29) is 0 Å². The zero-order valence-electron chi connectivity index (χ0n) is 25.2. The zero-order chi connectivity index (χ0) is 32.3. The first-order chi connectivity index (χ1) is 22.5. The van der Waals surface area contributed by atoms with Crippen molar-refractivity contribution in [2.24, 2.45) is 0 Å². The second kappa shape index (κ2) is 17.4. The van der Waals surface area contributed by atoms with Crippen molar-refractivity contribution in [2.75, 3.05) is 14.2 Å². The predicted molar refractivity (Wildman–Crippen MR) is 200 cm³/mol. The van der Waals surface area contributed by atoms with Crippen LogP contribution in [-0.4, -0.2) is 14.2 Å². The van der Waals surface area contributed by atoms with Crippen LogP contribution in [0.25, 0.3) is 11.1 Å². The van der Waals surface area contributed by atoms with E-state index in [4.69, 9.17) is 38.5 Å². The summed E-state index contributed by atoms with van der Waals surface area (Å²) in [6.07, 6.45) is 0. The van der Waals surface area contributed by atoms with Gasteiger partial charge < -0.3 is 9.47 Å². The normalized spacial score (nSPS) is 11.1. The van der Waals surface area contributed by atoms with Gasteiger partial charge in [-0.25, -0.2) is 0 Å². The summed E-state index contributed by atoms with van der Waals surface area (Å²) in [5, 5.41) is 7.64. The van der Waals surface area contributed by atoms with Crippen LogP contribution < -0.4 is 41.3 Å². The molecule has 46 heavy (non-hydrogen) atoms. The van der Waals surface area contributed by atoms with E-state index in [9.17, 15) is 0 Å². The van der Waals surface area contributed by atoms with Crippen LogP contribution in [0.1, 0.15) is 0 Å². The van der Waals surface area contributed by atoms with Gasteiger partial charge in [-0.1, -0.05) is 146 Å². The Kier molecular flexibility index (Phi) is 13.1. The molecule has 6 rings (SSSR count). The Hall–Kier alpha value is -2.73. The van der Waals surface area contributed by atoms with Crippen molar-refractivity contribution < 1.29 is 22.5 Å². The van der Waals surface area contributed by atoms with Crippen molar-refractivity contribution in [3.63, 3.8) is 0 Å². The van der Waals surface area contributed by atoms with Crippen molar-refractivity contribution in [3.8, 4) is 22.6 Å². The van der Waals surface area contributed by atoms with E-state index in [2.05, 4.69) is 158 Å². The maximum atomic E-state index is 6.17. The number of hydrogen-bond donors (Lipinski definition) is 0. The fraction of sp³-hybridized carbons (Fsp3) is 0.0526. The number of benzene rings is 6. The Morgan fingerprint density at radius 3 is 0.891 bits per heavy atom. The van der Waals surface area contributed by atoms with Gasteiger partial charge in [0, 0.05) is 11.1 Å². The van der Waals surface area contributed by atoms with Gasteiger partial charge in [0.1, 0.15) is 11.5 Å². The number of methoxy groups -OCH3 is 2. The van der Waals surface area contributed by atoms with Crippen molar-refractivity contribution in [1.82, 2.24) is 0 Å². The van der Waals surface area contributed by atoms with Crippen molar-refractivity contribution in [1.29, 1.82) is 0 Å². The van der Waals surface area contributed by atoms with Crippen molar-refractivity contribution in [2.45, 2.75) is 0 Å². The number of hydrogen-bond acceptors (Lipinski definition) is 2. The van der Waals surface area contributed by atoms with Crippen LogP contribution in [0.15, 0.2) is 158 Å². The van der Waals surface area contributed by atoms with Gasteiger partial charge in [0.05, 0.1) is 14.2 Å². The average Bonchev–Trinajstić information content (AvgIpc) is 3.10. The van der Waals surface area contributed by atoms with E-state index in [1.165, 1.54) is 31.8 Å². The predicted octanol–water partition coefficient (Wildman–Crippen LogP) is 8.95. The molecule has 0 atom stereocenters. The molecule has 6 aromatic carbocycles. The maximum absolute atomic E-state index is 6.17. The first-order valence-corrected chi connectivity index (χ1v) is 23.7. The second-order valence-corrected chi connectivity index (χ2v) is 22.2. The topological polar surface area (TPSA) is 18.5 Å². The molecule has 0 aliphatic heterocycles. The van der Waals surface area contributed by atoms with Gasteiger partial charge in [-0.05, 0) is 59.8 Å². The van der Waals surface area contributed by atoms with Crippen molar-refractivity contribution >= 4 is 76.7 Å². The summed E-state index contributed by atoms with van der Waals surface area (Å²) in [5.74, 6) is 1.68. The van der Waals surface area contributed by atoms with Crippen LogP contribution in [-0.2, 0) is 13.0 Å². The first kappa shape index (κ1) is 34.6. The summed E-state index contributed by atoms with van der Waals surface area (Å²) in [7, 11) is 16.6. The minimum absolute atomic E-state index is 0.841. The van der Waals surface area contributed by atoms with Crippen molar-refractivity contribution in [3.05, 3.63) is 158 Å². The first-order valence-electron chi connectivity index (χ1n) is 14.3. The Bertz CT molecular complexity index is 1600. The van der Waals surface area contributed by atoms with Crippen LogP contribution in [0.5, 0.6) is 11.5 Å². The summed E-state index contributed by atoms with van der Waals surface area (Å²) in [6, 6.07) is 56.2. The molecule has 0 amide bonds. The van der Waals surface area contributed by atoms with E-state index < -0.39 is 28.8 Å². The van der Waals surface area contributed by atoms with Gasteiger partial charge >= 0.3 is 42.1 Å². The zero-order valence-corrected chi connectivity index (χ0v) is 31.0. The van der Waals surface area contributed by atoms with Crippen LogP contribution in [0.3, 0.4) is 0 Å². The molecule has 235 valence electrons. The molecule has 0 fully saturated rings. The quantitative estimate of drug-likeness (QED) is 0.108. The molecule has 0 spiro atoms. The molecular weight excluding hydrogens is 758 g/mol. The van der Waals surface area contributed by atoms with E-state index >= 15 is 0 Å². The van der Waals surface area contributed by atoms with E-state index in [1.54, 1.807) is 14.2 Å². The molecule has 0 saturated heterocycles. The number of halogens is 3. The Morgan fingerprint density at radius 1 is 0.391 bits per heavy atom. The number of rotatable bonds is 9. The van der Waals surface area contributed by atoms with E-state index in [0.717, 1.165) is 22.6 Å². The molecule has 0 saturated carbocycles. The van der Waals surface area contributed by atoms with E-state index in [1.807, 2.05) is 0 Å². The fourth-order valence-electron chi connectivity index (χ4n) is 5.42. The van der Waals surface area contributed by atoms with E-state index in [0.29, 0.717) is 0 Å². The molecule has 0 unspecified atom stereocenters. The van der Waals surface area contributed by atoms with Gasteiger partial charge in [0.2, 0.25) is 0 Å². The van der Waals surface area contributed by atoms with Gasteiger partial charge in [-0.2, -0.15) is 0 Å². The molecule has 0 bridgehead atoms. The molecule has 8 heteroatoms. The third kappa shape index (κ3) is 8.40. The Labute approximate surface area is 291 Å². The monoisotopic (exact) mass is 789 g/mol. The van der Waals surface area contributed by atoms with Gasteiger partial charge in [-0.15, -0.1) is 0 Å². The third-order valence-electron chi connectivity index (χ3n) is 7.24. The SMILES string of the molecule is COc1cccc(P(c2ccccc2)c2ccccc2)c1-c1c(OC)cccc1P(c1ccccc1)c1ccccc1.[Cl][Ru]([Cl])[Cl]. The Balaban J connectivity index is 0.000000985. The molecule has 2 nitrogen and oxygen atoms in total.